The number of benzene rings is 1. The number of carbonyl (C=O) groups is 1. The molecule has 1 aromatic carbocycles. The van der Waals surface area contributed by atoms with Gasteiger partial charge in [0.05, 0.1) is 16.4 Å². The van der Waals surface area contributed by atoms with Crippen LogP contribution < -0.4 is 10.0 Å². The Morgan fingerprint density at radius 3 is 2.65 bits per heavy atom. The predicted octanol–water partition coefficient (Wildman–Crippen LogP) is 3.16. The number of thiophene rings is 1. The predicted molar refractivity (Wildman–Crippen MR) is 80.9 cm³/mol. The molecule has 0 fully saturated rings. The Morgan fingerprint density at radius 2 is 2.05 bits per heavy atom. The summed E-state index contributed by atoms with van der Waals surface area (Å²) in [7, 11) is -3.62. The second-order valence-corrected chi connectivity index (χ2v) is 7.18. The Morgan fingerprint density at radius 1 is 1.30 bits per heavy atom. The zero-order chi connectivity index (χ0) is 14.8. The van der Waals surface area contributed by atoms with Crippen molar-refractivity contribution >= 4 is 50.2 Å². The first kappa shape index (κ1) is 14.8. The summed E-state index contributed by atoms with van der Waals surface area (Å²) >= 11 is 7.04. The third-order valence-electron chi connectivity index (χ3n) is 2.29. The smallest absolute Gasteiger partial charge is 0.271 e. The average Bonchev–Trinajstić information content (AvgIpc) is 2.87. The van der Waals surface area contributed by atoms with E-state index in [1.165, 1.54) is 31.2 Å². The molecule has 0 saturated carbocycles. The molecule has 1 amide bonds. The summed E-state index contributed by atoms with van der Waals surface area (Å²) in [6.07, 6.45) is 0. The lowest BCUT2D eigenvalue weighted by Gasteiger charge is -2.10. The van der Waals surface area contributed by atoms with E-state index in [2.05, 4.69) is 10.0 Å². The molecule has 2 aromatic rings. The number of hydrogen-bond acceptors (Lipinski definition) is 4. The third-order valence-corrected chi connectivity index (χ3v) is 5.40. The molecule has 0 unspecified atom stereocenters. The minimum absolute atomic E-state index is 0.216. The van der Waals surface area contributed by atoms with E-state index in [0.29, 0.717) is 16.4 Å². The van der Waals surface area contributed by atoms with Gasteiger partial charge in [-0.25, -0.2) is 8.42 Å². The molecule has 0 bridgehead atoms. The van der Waals surface area contributed by atoms with Crippen LogP contribution in [0.1, 0.15) is 6.92 Å². The second-order valence-electron chi connectivity index (χ2n) is 3.91. The van der Waals surface area contributed by atoms with Gasteiger partial charge >= 0.3 is 0 Å². The third kappa shape index (κ3) is 3.50. The molecule has 0 saturated heterocycles. The molecular formula is C12H11ClN2O3S2. The van der Waals surface area contributed by atoms with Crippen molar-refractivity contribution in [2.45, 2.75) is 11.1 Å². The SMILES string of the molecule is CC(=O)Nc1cc(NS(=O)(=O)c2cccs2)ccc1Cl. The Labute approximate surface area is 125 Å². The molecule has 0 atom stereocenters. The van der Waals surface area contributed by atoms with Crippen LogP contribution >= 0.6 is 22.9 Å². The number of hydrogen-bond donors (Lipinski definition) is 2. The number of nitrogens with one attached hydrogen (secondary N) is 2. The van der Waals surface area contributed by atoms with Crippen LogP contribution in [0.4, 0.5) is 11.4 Å². The second kappa shape index (κ2) is 5.82. The van der Waals surface area contributed by atoms with E-state index in [0.717, 1.165) is 11.3 Å². The summed E-state index contributed by atoms with van der Waals surface area (Å²) in [5.41, 5.74) is 0.678. The zero-order valence-electron chi connectivity index (χ0n) is 10.4. The van der Waals surface area contributed by atoms with Gasteiger partial charge in [0.15, 0.2) is 0 Å². The fourth-order valence-electron chi connectivity index (χ4n) is 1.50. The molecule has 5 nitrogen and oxygen atoms in total. The maximum absolute atomic E-state index is 12.1. The van der Waals surface area contributed by atoms with Crippen LogP contribution in [0.3, 0.4) is 0 Å². The van der Waals surface area contributed by atoms with Crippen LogP contribution in [0, 0.1) is 0 Å². The molecule has 1 heterocycles. The van der Waals surface area contributed by atoms with Gasteiger partial charge in [-0.3, -0.25) is 9.52 Å². The number of anilines is 2. The lowest BCUT2D eigenvalue weighted by atomic mass is 10.3. The molecular weight excluding hydrogens is 320 g/mol. The molecule has 0 aliphatic carbocycles. The topological polar surface area (TPSA) is 75.3 Å². The first-order chi connectivity index (χ1) is 9.38. The maximum atomic E-state index is 12.1. The lowest BCUT2D eigenvalue weighted by molar-refractivity contribution is -0.114. The van der Waals surface area contributed by atoms with Gasteiger partial charge in [-0.1, -0.05) is 17.7 Å². The summed E-state index contributed by atoms with van der Waals surface area (Å²) in [5, 5.41) is 4.54. The van der Waals surface area contributed by atoms with Crippen molar-refractivity contribution in [1.82, 2.24) is 0 Å². The first-order valence-electron chi connectivity index (χ1n) is 5.52. The quantitative estimate of drug-likeness (QED) is 0.904. The lowest BCUT2D eigenvalue weighted by Crippen LogP contribution is -2.12. The van der Waals surface area contributed by atoms with Gasteiger partial charge in [0.1, 0.15) is 4.21 Å². The summed E-state index contributed by atoms with van der Waals surface area (Å²) in [6.45, 7) is 1.35. The Balaban J connectivity index is 2.28. The minimum Gasteiger partial charge on any atom is -0.325 e. The molecule has 1 aromatic heterocycles. The average molecular weight is 331 g/mol. The molecule has 0 spiro atoms. The van der Waals surface area contributed by atoms with Gasteiger partial charge in [-0.05, 0) is 29.6 Å². The number of carbonyl (C=O) groups excluding carboxylic acids is 1. The summed E-state index contributed by atoms with van der Waals surface area (Å²) in [6, 6.07) is 7.67. The van der Waals surface area contributed by atoms with Gasteiger partial charge in [0.2, 0.25) is 5.91 Å². The molecule has 8 heteroatoms. The highest BCUT2D eigenvalue weighted by atomic mass is 35.5. The number of halogens is 1. The number of sulfonamides is 1. The van der Waals surface area contributed by atoms with Crippen LogP contribution in [0.5, 0.6) is 0 Å². The fourth-order valence-corrected chi connectivity index (χ4v) is 3.70. The first-order valence-corrected chi connectivity index (χ1v) is 8.26. The Kier molecular flexibility index (Phi) is 4.32. The van der Waals surface area contributed by atoms with Crippen molar-refractivity contribution in [3.63, 3.8) is 0 Å². The van der Waals surface area contributed by atoms with Crippen LogP contribution in [0.25, 0.3) is 0 Å². The highest BCUT2D eigenvalue weighted by molar-refractivity contribution is 7.94. The van der Waals surface area contributed by atoms with E-state index in [-0.39, 0.29) is 10.1 Å². The largest absolute Gasteiger partial charge is 0.325 e. The summed E-state index contributed by atoms with van der Waals surface area (Å²) in [5.74, 6) is -0.287. The molecule has 2 rings (SSSR count). The van der Waals surface area contributed by atoms with Crippen molar-refractivity contribution in [3.8, 4) is 0 Å². The monoisotopic (exact) mass is 330 g/mol. The minimum atomic E-state index is -3.62. The summed E-state index contributed by atoms with van der Waals surface area (Å²) < 4.78 is 26.8. The van der Waals surface area contributed by atoms with Gasteiger partial charge in [0.25, 0.3) is 10.0 Å². The molecule has 2 N–H and O–H groups in total. The highest BCUT2D eigenvalue weighted by Gasteiger charge is 2.15. The molecule has 0 aliphatic heterocycles. The van der Waals surface area contributed by atoms with E-state index in [1.807, 2.05) is 0 Å². The van der Waals surface area contributed by atoms with Gasteiger partial charge in [0, 0.05) is 6.92 Å². The van der Waals surface area contributed by atoms with Crippen molar-refractivity contribution in [3.05, 3.63) is 40.7 Å². The van der Waals surface area contributed by atoms with E-state index in [1.54, 1.807) is 11.4 Å². The Hall–Kier alpha value is -1.57. The molecule has 0 radical (unpaired) electrons. The van der Waals surface area contributed by atoms with E-state index >= 15 is 0 Å². The molecule has 0 aliphatic rings. The zero-order valence-corrected chi connectivity index (χ0v) is 12.8. The Bertz CT molecular complexity index is 727. The summed E-state index contributed by atoms with van der Waals surface area (Å²) in [4.78, 5) is 11.0. The molecule has 20 heavy (non-hydrogen) atoms. The van der Waals surface area contributed by atoms with Crippen molar-refractivity contribution in [1.29, 1.82) is 0 Å². The van der Waals surface area contributed by atoms with Crippen LogP contribution in [0.15, 0.2) is 39.9 Å². The van der Waals surface area contributed by atoms with E-state index in [4.69, 9.17) is 11.6 Å². The normalized spacial score (nSPS) is 11.1. The number of rotatable bonds is 4. The standard InChI is InChI=1S/C12H11ClN2O3S2/c1-8(16)14-11-7-9(4-5-10(11)13)15-20(17,18)12-3-2-6-19-12/h2-7,15H,1H3,(H,14,16). The number of amides is 1. The van der Waals surface area contributed by atoms with Crippen molar-refractivity contribution in [2.24, 2.45) is 0 Å². The highest BCUT2D eigenvalue weighted by Crippen LogP contribution is 2.27. The van der Waals surface area contributed by atoms with Gasteiger partial charge in [-0.2, -0.15) is 0 Å². The fraction of sp³-hybridized carbons (Fsp3) is 0.0833. The van der Waals surface area contributed by atoms with Crippen LogP contribution in [-0.2, 0) is 14.8 Å². The van der Waals surface area contributed by atoms with Crippen molar-refractivity contribution < 1.29 is 13.2 Å². The van der Waals surface area contributed by atoms with Gasteiger partial charge in [-0.15, -0.1) is 11.3 Å². The molecule has 106 valence electrons. The maximum Gasteiger partial charge on any atom is 0.271 e. The van der Waals surface area contributed by atoms with E-state index < -0.39 is 10.0 Å². The van der Waals surface area contributed by atoms with Gasteiger partial charge < -0.3 is 5.32 Å². The van der Waals surface area contributed by atoms with Crippen LogP contribution in [-0.4, -0.2) is 14.3 Å². The van der Waals surface area contributed by atoms with Crippen LogP contribution in [0.2, 0.25) is 5.02 Å². The van der Waals surface area contributed by atoms with Crippen molar-refractivity contribution in [2.75, 3.05) is 10.0 Å². The van der Waals surface area contributed by atoms with E-state index in [9.17, 15) is 13.2 Å².